The largest absolute Gasteiger partial charge is 0.481 e. The summed E-state index contributed by atoms with van der Waals surface area (Å²) in [4.78, 5) is 12.5. The fraction of sp³-hybridized carbons (Fsp3) is 0.462. The molecule has 1 aromatic rings. The van der Waals surface area contributed by atoms with Gasteiger partial charge in [-0.05, 0) is 31.0 Å². The van der Waals surface area contributed by atoms with Gasteiger partial charge in [0, 0.05) is 23.2 Å². The molecule has 2 rings (SSSR count). The van der Waals surface area contributed by atoms with Crippen LogP contribution in [0.15, 0.2) is 22.7 Å². The van der Waals surface area contributed by atoms with Gasteiger partial charge in [0.25, 0.3) is 0 Å². The first-order valence-electron chi connectivity index (χ1n) is 6.13. The van der Waals surface area contributed by atoms with E-state index in [2.05, 4.69) is 15.9 Å². The molecule has 1 saturated heterocycles. The van der Waals surface area contributed by atoms with Crippen molar-refractivity contribution in [2.24, 2.45) is 5.92 Å². The zero-order valence-electron chi connectivity index (χ0n) is 10.5. The summed E-state index contributed by atoms with van der Waals surface area (Å²) in [6.45, 7) is 0.642. The Labute approximate surface area is 122 Å². The second kappa shape index (κ2) is 5.63. The second-order valence-corrected chi connectivity index (χ2v) is 5.67. The molecule has 3 nitrogen and oxygen atoms in total. The van der Waals surface area contributed by atoms with Crippen LogP contribution < -0.4 is 4.90 Å². The molecule has 0 amide bonds. The third-order valence-corrected chi connectivity index (χ3v) is 3.94. The van der Waals surface area contributed by atoms with Crippen LogP contribution in [0.2, 0.25) is 0 Å². The molecule has 1 heterocycles. The Morgan fingerprint density at radius 3 is 2.40 bits per heavy atom. The van der Waals surface area contributed by atoms with Gasteiger partial charge in [0.15, 0.2) is 0 Å². The molecule has 0 bridgehead atoms. The van der Waals surface area contributed by atoms with Crippen LogP contribution in [0.25, 0.3) is 0 Å². The molecule has 1 aliphatic heterocycles. The first-order chi connectivity index (χ1) is 9.29. The van der Waals surface area contributed by atoms with Gasteiger partial charge in [0.1, 0.15) is 0 Å². The highest BCUT2D eigenvalue weighted by molar-refractivity contribution is 9.10. The molecular formula is C13H13BrF3NO2. The summed E-state index contributed by atoms with van der Waals surface area (Å²) in [6.07, 6.45) is -3.70. The van der Waals surface area contributed by atoms with E-state index in [0.29, 0.717) is 30.4 Å². The molecule has 1 aliphatic rings. The monoisotopic (exact) mass is 351 g/mol. The molecule has 110 valence electrons. The van der Waals surface area contributed by atoms with E-state index in [1.54, 1.807) is 11.0 Å². The van der Waals surface area contributed by atoms with E-state index < -0.39 is 23.6 Å². The highest BCUT2D eigenvalue weighted by Crippen LogP contribution is 2.39. The molecular weight excluding hydrogens is 339 g/mol. The molecule has 0 aromatic heterocycles. The van der Waals surface area contributed by atoms with Gasteiger partial charge in [-0.2, -0.15) is 13.2 Å². The molecule has 0 radical (unpaired) electrons. The number of alkyl halides is 3. The molecule has 1 aromatic carbocycles. The Bertz CT molecular complexity index is 511. The molecule has 1 fully saturated rings. The van der Waals surface area contributed by atoms with E-state index in [1.807, 2.05) is 0 Å². The van der Waals surface area contributed by atoms with E-state index in [0.717, 1.165) is 6.07 Å². The van der Waals surface area contributed by atoms with Crippen LogP contribution in [0.5, 0.6) is 0 Å². The minimum atomic E-state index is -4.43. The first kappa shape index (κ1) is 15.2. The van der Waals surface area contributed by atoms with Crippen molar-refractivity contribution in [1.29, 1.82) is 0 Å². The maximum Gasteiger partial charge on any atom is 0.418 e. The fourth-order valence-electron chi connectivity index (χ4n) is 2.38. The van der Waals surface area contributed by atoms with E-state index in [4.69, 9.17) is 5.11 Å². The van der Waals surface area contributed by atoms with Crippen LogP contribution in [0.3, 0.4) is 0 Å². The van der Waals surface area contributed by atoms with Gasteiger partial charge in [0.05, 0.1) is 11.5 Å². The lowest BCUT2D eigenvalue weighted by molar-refractivity contribution is -0.142. The van der Waals surface area contributed by atoms with Crippen LogP contribution in [0.4, 0.5) is 18.9 Å². The Balaban J connectivity index is 2.24. The van der Waals surface area contributed by atoms with Crippen molar-refractivity contribution in [2.75, 3.05) is 18.0 Å². The van der Waals surface area contributed by atoms with Crippen molar-refractivity contribution in [1.82, 2.24) is 0 Å². The number of piperidine rings is 1. The lowest BCUT2D eigenvalue weighted by Gasteiger charge is -2.33. The number of aliphatic carboxylic acids is 1. The fourth-order valence-corrected chi connectivity index (χ4v) is 2.74. The first-order valence-corrected chi connectivity index (χ1v) is 6.93. The number of nitrogens with zero attached hydrogens (tertiary/aromatic N) is 1. The SMILES string of the molecule is O=C(O)C1CCN(c2ccc(Br)cc2C(F)(F)F)CC1. The minimum Gasteiger partial charge on any atom is -0.481 e. The molecule has 0 atom stereocenters. The molecule has 0 aliphatic carbocycles. The van der Waals surface area contributed by atoms with Crippen LogP contribution in [-0.2, 0) is 11.0 Å². The van der Waals surface area contributed by atoms with Gasteiger partial charge in [-0.1, -0.05) is 15.9 Å². The van der Waals surface area contributed by atoms with Crippen molar-refractivity contribution >= 4 is 27.6 Å². The maximum absolute atomic E-state index is 13.0. The number of rotatable bonds is 2. The molecule has 0 saturated carbocycles. The molecule has 0 unspecified atom stereocenters. The summed E-state index contributed by atoms with van der Waals surface area (Å²) < 4.78 is 39.5. The second-order valence-electron chi connectivity index (χ2n) is 4.76. The molecule has 7 heteroatoms. The third-order valence-electron chi connectivity index (χ3n) is 3.45. The Morgan fingerprint density at radius 2 is 1.90 bits per heavy atom. The normalized spacial score (nSPS) is 17.3. The Morgan fingerprint density at radius 1 is 1.30 bits per heavy atom. The molecule has 0 spiro atoms. The number of carboxylic acids is 1. The number of carboxylic acid groups (broad SMARTS) is 1. The highest BCUT2D eigenvalue weighted by atomic mass is 79.9. The van der Waals surface area contributed by atoms with Gasteiger partial charge >= 0.3 is 12.1 Å². The molecule has 20 heavy (non-hydrogen) atoms. The lowest BCUT2D eigenvalue weighted by Crippen LogP contribution is -2.37. The number of anilines is 1. The average molecular weight is 352 g/mol. The van der Waals surface area contributed by atoms with Crippen molar-refractivity contribution in [3.05, 3.63) is 28.2 Å². The van der Waals surface area contributed by atoms with Crippen molar-refractivity contribution in [2.45, 2.75) is 19.0 Å². The van der Waals surface area contributed by atoms with E-state index in [-0.39, 0.29) is 5.69 Å². The average Bonchev–Trinajstić information content (AvgIpc) is 2.38. The Kier molecular flexibility index (Phi) is 4.27. The van der Waals surface area contributed by atoms with E-state index in [1.165, 1.54) is 6.07 Å². The predicted molar refractivity (Wildman–Crippen MR) is 71.7 cm³/mol. The van der Waals surface area contributed by atoms with Crippen LogP contribution >= 0.6 is 15.9 Å². The quantitative estimate of drug-likeness (QED) is 0.881. The highest BCUT2D eigenvalue weighted by Gasteiger charge is 2.36. The van der Waals surface area contributed by atoms with Crippen LogP contribution in [-0.4, -0.2) is 24.2 Å². The van der Waals surface area contributed by atoms with Gasteiger partial charge < -0.3 is 10.0 Å². The van der Waals surface area contributed by atoms with Crippen molar-refractivity contribution in [3.8, 4) is 0 Å². The zero-order chi connectivity index (χ0) is 14.9. The minimum absolute atomic E-state index is 0.115. The standard InChI is InChI=1S/C13H13BrF3NO2/c14-9-1-2-11(10(7-9)13(15,16)17)18-5-3-8(4-6-18)12(19)20/h1-2,7-8H,3-6H2,(H,19,20). The summed E-state index contributed by atoms with van der Waals surface area (Å²) in [6, 6.07) is 4.04. The summed E-state index contributed by atoms with van der Waals surface area (Å²) in [5.41, 5.74) is -0.579. The summed E-state index contributed by atoms with van der Waals surface area (Å²) in [7, 11) is 0. The maximum atomic E-state index is 13.0. The number of benzene rings is 1. The number of hydrogen-bond acceptors (Lipinski definition) is 2. The third kappa shape index (κ3) is 3.26. The van der Waals surface area contributed by atoms with Gasteiger partial charge in [-0.15, -0.1) is 0 Å². The summed E-state index contributed by atoms with van der Waals surface area (Å²) in [5.74, 6) is -1.34. The van der Waals surface area contributed by atoms with E-state index in [9.17, 15) is 18.0 Å². The van der Waals surface area contributed by atoms with Crippen LogP contribution in [0.1, 0.15) is 18.4 Å². The summed E-state index contributed by atoms with van der Waals surface area (Å²) in [5, 5.41) is 8.91. The van der Waals surface area contributed by atoms with Gasteiger partial charge in [-0.25, -0.2) is 0 Å². The number of halogens is 4. The van der Waals surface area contributed by atoms with Crippen molar-refractivity contribution in [3.63, 3.8) is 0 Å². The van der Waals surface area contributed by atoms with Crippen LogP contribution in [0, 0.1) is 5.92 Å². The predicted octanol–water partition coefficient (Wildman–Crippen LogP) is 3.77. The summed E-state index contributed by atoms with van der Waals surface area (Å²) >= 11 is 3.05. The number of carbonyl (C=O) groups is 1. The van der Waals surface area contributed by atoms with Crippen molar-refractivity contribution < 1.29 is 23.1 Å². The molecule has 1 N–H and O–H groups in total. The van der Waals surface area contributed by atoms with Gasteiger partial charge in [-0.3, -0.25) is 4.79 Å². The Hall–Kier alpha value is -1.24. The lowest BCUT2D eigenvalue weighted by atomic mass is 9.96. The zero-order valence-corrected chi connectivity index (χ0v) is 12.0. The smallest absolute Gasteiger partial charge is 0.418 e. The topological polar surface area (TPSA) is 40.5 Å². The van der Waals surface area contributed by atoms with E-state index >= 15 is 0 Å². The van der Waals surface area contributed by atoms with Gasteiger partial charge in [0.2, 0.25) is 0 Å². The number of hydrogen-bond donors (Lipinski definition) is 1.